The Hall–Kier alpha value is -1.08. The molecule has 172 valence electrons. The molecule has 3 rings (SSSR count). The van der Waals surface area contributed by atoms with Gasteiger partial charge in [-0.15, -0.1) is 0 Å². The normalized spacial score (nSPS) is 21.6. The average Bonchev–Trinajstić information content (AvgIpc) is 3.23. The summed E-state index contributed by atoms with van der Waals surface area (Å²) in [6.45, 7) is 12.9. The fraction of sp³-hybridized carbons (Fsp3) is 0.708. The first kappa shape index (κ1) is 24.6. The molecule has 1 aromatic rings. The van der Waals surface area contributed by atoms with Crippen molar-refractivity contribution in [2.24, 2.45) is 5.92 Å². The Bertz CT molecular complexity index is 761. The Morgan fingerprint density at radius 2 is 1.81 bits per heavy atom. The van der Waals surface area contributed by atoms with Gasteiger partial charge in [-0.2, -0.15) is 0 Å². The molecule has 0 radical (unpaired) electrons. The first-order valence-corrected chi connectivity index (χ1v) is 11.9. The van der Waals surface area contributed by atoms with Crippen LogP contribution in [0.15, 0.2) is 18.2 Å². The molecule has 1 saturated heterocycles. The first-order valence-electron chi connectivity index (χ1n) is 11.6. The van der Waals surface area contributed by atoms with E-state index in [4.69, 9.17) is 25.6 Å². The van der Waals surface area contributed by atoms with Gasteiger partial charge in [0.2, 0.25) is 0 Å². The van der Waals surface area contributed by atoms with Crippen molar-refractivity contribution in [3.63, 3.8) is 0 Å². The van der Waals surface area contributed by atoms with Crippen LogP contribution in [0.25, 0.3) is 0 Å². The lowest BCUT2D eigenvalue weighted by atomic mass is 9.78. The molecule has 1 aliphatic heterocycles. The summed E-state index contributed by atoms with van der Waals surface area (Å²) in [6.07, 6.45) is 5.08. The number of carbonyl (C=O) groups is 1. The maximum atomic E-state index is 12.7. The van der Waals surface area contributed by atoms with Gasteiger partial charge in [0.25, 0.3) is 0 Å². The molecule has 0 spiro atoms. The van der Waals surface area contributed by atoms with Crippen molar-refractivity contribution in [3.05, 3.63) is 28.8 Å². The van der Waals surface area contributed by atoms with Gasteiger partial charge in [-0.05, 0) is 77.3 Å². The number of hydrogen-bond acceptors (Lipinski definition) is 5. The quantitative estimate of drug-likeness (QED) is 0.463. The third-order valence-electron chi connectivity index (χ3n) is 6.70. The molecule has 0 bridgehead atoms. The van der Waals surface area contributed by atoms with E-state index < -0.39 is 18.3 Å². The van der Waals surface area contributed by atoms with E-state index in [9.17, 15) is 4.79 Å². The Morgan fingerprint density at radius 1 is 1.19 bits per heavy atom. The molecular formula is C24H37BClNO4. The van der Waals surface area contributed by atoms with Crippen LogP contribution in [-0.4, -0.2) is 36.4 Å². The maximum absolute atomic E-state index is 12.7. The molecule has 1 atom stereocenters. The summed E-state index contributed by atoms with van der Waals surface area (Å²) in [4.78, 5) is 12.7. The zero-order chi connectivity index (χ0) is 22.8. The standard InChI is InChI=1S/C24H37BClNO4/c1-16(2)13-21(22(28)29-18-9-7-8-10-18)27-15-17-11-12-19(20(26)14-17)25-30-23(3,4)24(5,6)31-25/h11-12,14,16,18,21,27H,7-10,13,15H2,1-6H3/t21-/m1/s1. The summed E-state index contributed by atoms with van der Waals surface area (Å²) >= 11 is 6.59. The molecule has 0 aromatic heterocycles. The molecule has 0 unspecified atom stereocenters. The van der Waals surface area contributed by atoms with Crippen LogP contribution in [0.4, 0.5) is 0 Å². The van der Waals surface area contributed by atoms with Crippen molar-refractivity contribution >= 4 is 30.2 Å². The van der Waals surface area contributed by atoms with E-state index in [1.807, 2.05) is 45.9 Å². The lowest BCUT2D eigenvalue weighted by molar-refractivity contribution is -0.151. The summed E-state index contributed by atoms with van der Waals surface area (Å²) in [6, 6.07) is 5.56. The fourth-order valence-corrected chi connectivity index (χ4v) is 4.36. The molecule has 5 nitrogen and oxygen atoms in total. The topological polar surface area (TPSA) is 56.8 Å². The van der Waals surface area contributed by atoms with E-state index in [2.05, 4.69) is 19.2 Å². The number of ether oxygens (including phenoxy) is 1. The molecule has 1 aliphatic carbocycles. The Kier molecular flexibility index (Phi) is 7.78. The SMILES string of the molecule is CC(C)C[C@@H](NCc1ccc(B2OC(C)(C)C(C)(C)O2)c(Cl)c1)C(=O)OC1CCCC1. The fourth-order valence-electron chi connectivity index (χ4n) is 4.07. The first-order chi connectivity index (χ1) is 14.5. The summed E-state index contributed by atoms with van der Waals surface area (Å²) < 4.78 is 18.0. The highest BCUT2D eigenvalue weighted by Crippen LogP contribution is 2.37. The van der Waals surface area contributed by atoms with E-state index in [0.717, 1.165) is 43.1 Å². The number of carbonyl (C=O) groups excluding carboxylic acids is 1. The van der Waals surface area contributed by atoms with E-state index in [0.29, 0.717) is 17.5 Å². The molecular weight excluding hydrogens is 413 g/mol. The van der Waals surface area contributed by atoms with Crippen molar-refractivity contribution in [1.29, 1.82) is 0 Å². The van der Waals surface area contributed by atoms with Crippen LogP contribution in [0.1, 0.15) is 79.2 Å². The van der Waals surface area contributed by atoms with Gasteiger partial charge in [0.05, 0.1) is 11.2 Å². The minimum absolute atomic E-state index is 0.0811. The molecule has 1 N–H and O–H groups in total. The lowest BCUT2D eigenvalue weighted by Gasteiger charge is -2.32. The number of esters is 1. The molecule has 0 amide bonds. The van der Waals surface area contributed by atoms with Gasteiger partial charge in [-0.1, -0.05) is 37.6 Å². The van der Waals surface area contributed by atoms with Gasteiger partial charge < -0.3 is 19.4 Å². The number of hydrogen-bond donors (Lipinski definition) is 1. The maximum Gasteiger partial charge on any atom is 0.496 e. The van der Waals surface area contributed by atoms with Crippen molar-refractivity contribution < 1.29 is 18.8 Å². The largest absolute Gasteiger partial charge is 0.496 e. The second-order valence-electron chi connectivity index (χ2n) is 10.4. The third kappa shape index (κ3) is 6.04. The van der Waals surface area contributed by atoms with E-state index in [1.165, 1.54) is 0 Å². The predicted octanol–water partition coefficient (Wildman–Crippen LogP) is 4.63. The molecule has 1 aromatic carbocycles. The Morgan fingerprint density at radius 3 is 2.35 bits per heavy atom. The van der Waals surface area contributed by atoms with Gasteiger partial charge in [0.1, 0.15) is 12.1 Å². The van der Waals surface area contributed by atoms with Crippen LogP contribution in [0, 0.1) is 5.92 Å². The van der Waals surface area contributed by atoms with Crippen LogP contribution < -0.4 is 10.8 Å². The second kappa shape index (κ2) is 9.82. The molecule has 2 fully saturated rings. The molecule has 1 saturated carbocycles. The molecule has 31 heavy (non-hydrogen) atoms. The Labute approximate surface area is 192 Å². The van der Waals surface area contributed by atoms with Crippen LogP contribution in [0.5, 0.6) is 0 Å². The van der Waals surface area contributed by atoms with Gasteiger partial charge in [0, 0.05) is 17.0 Å². The lowest BCUT2D eigenvalue weighted by Crippen LogP contribution is -2.41. The van der Waals surface area contributed by atoms with Gasteiger partial charge in [-0.3, -0.25) is 4.79 Å². The Balaban J connectivity index is 1.63. The molecule has 7 heteroatoms. The van der Waals surface area contributed by atoms with Gasteiger partial charge in [0.15, 0.2) is 0 Å². The number of benzene rings is 1. The van der Waals surface area contributed by atoms with Crippen molar-refractivity contribution in [3.8, 4) is 0 Å². The van der Waals surface area contributed by atoms with Gasteiger partial charge >= 0.3 is 13.1 Å². The van der Waals surface area contributed by atoms with Crippen LogP contribution in [0.3, 0.4) is 0 Å². The van der Waals surface area contributed by atoms with Crippen molar-refractivity contribution in [2.45, 2.75) is 104 Å². The van der Waals surface area contributed by atoms with Gasteiger partial charge in [-0.25, -0.2) is 0 Å². The van der Waals surface area contributed by atoms with E-state index in [-0.39, 0.29) is 18.1 Å². The highest BCUT2D eigenvalue weighted by molar-refractivity contribution is 6.65. The van der Waals surface area contributed by atoms with Crippen molar-refractivity contribution in [2.75, 3.05) is 0 Å². The minimum Gasteiger partial charge on any atom is -0.461 e. The number of nitrogens with one attached hydrogen (secondary N) is 1. The van der Waals surface area contributed by atoms with Crippen molar-refractivity contribution in [1.82, 2.24) is 5.32 Å². The third-order valence-corrected chi connectivity index (χ3v) is 7.03. The van der Waals surface area contributed by atoms with Crippen LogP contribution in [0.2, 0.25) is 5.02 Å². The summed E-state index contributed by atoms with van der Waals surface area (Å²) in [5.74, 6) is 0.253. The molecule has 1 heterocycles. The zero-order valence-electron chi connectivity index (χ0n) is 19.8. The van der Waals surface area contributed by atoms with E-state index in [1.54, 1.807) is 0 Å². The number of rotatable bonds is 8. The smallest absolute Gasteiger partial charge is 0.461 e. The summed E-state index contributed by atoms with van der Waals surface area (Å²) in [5, 5.41) is 3.99. The second-order valence-corrected chi connectivity index (χ2v) is 10.8. The molecule has 2 aliphatic rings. The average molecular weight is 450 g/mol. The monoisotopic (exact) mass is 449 g/mol. The summed E-state index contributed by atoms with van der Waals surface area (Å²) in [5.41, 5.74) is 1.01. The van der Waals surface area contributed by atoms with Crippen LogP contribution in [-0.2, 0) is 25.4 Å². The summed E-state index contributed by atoms with van der Waals surface area (Å²) in [7, 11) is -0.491. The number of halogens is 1. The van der Waals surface area contributed by atoms with E-state index >= 15 is 0 Å². The highest BCUT2D eigenvalue weighted by Gasteiger charge is 2.52. The highest BCUT2D eigenvalue weighted by atomic mass is 35.5. The van der Waals surface area contributed by atoms with Crippen LogP contribution >= 0.6 is 11.6 Å². The zero-order valence-corrected chi connectivity index (χ0v) is 20.6. The minimum atomic E-state index is -0.491. The predicted molar refractivity (Wildman–Crippen MR) is 126 cm³/mol.